The smallest absolute Gasteiger partial charge is 0.186 e. The van der Waals surface area contributed by atoms with E-state index < -0.39 is 17.5 Å². The van der Waals surface area contributed by atoms with Crippen LogP contribution in [0.15, 0.2) is 35.2 Å². The molecular weight excluding hydrogens is 353 g/mol. The highest BCUT2D eigenvalue weighted by Gasteiger charge is 2.17. The number of rotatable bonds is 6. The Bertz CT molecular complexity index is 847. The zero-order valence-corrected chi connectivity index (χ0v) is 14.5. The number of anilines is 1. The largest absolute Gasteiger partial charge is 0.379 e. The molecule has 24 heavy (non-hydrogen) atoms. The Balaban J connectivity index is 1.71. The molecule has 0 fully saturated rings. The SMILES string of the molecule is CCCSc1ccc(NCc2nc3c(F)c(F)cc(F)c3s2)cc1. The minimum absolute atomic E-state index is 0.0389. The van der Waals surface area contributed by atoms with Crippen molar-refractivity contribution in [3.05, 3.63) is 52.8 Å². The molecule has 126 valence electrons. The van der Waals surface area contributed by atoms with Gasteiger partial charge in [-0.3, -0.25) is 0 Å². The maximum absolute atomic E-state index is 13.7. The lowest BCUT2D eigenvalue weighted by molar-refractivity contribution is 0.504. The zero-order valence-electron chi connectivity index (χ0n) is 12.9. The van der Waals surface area contributed by atoms with Gasteiger partial charge in [0.2, 0.25) is 0 Å². The molecule has 2 nitrogen and oxygen atoms in total. The topological polar surface area (TPSA) is 24.9 Å². The second-order valence-electron chi connectivity index (χ2n) is 5.17. The lowest BCUT2D eigenvalue weighted by Gasteiger charge is -2.05. The van der Waals surface area contributed by atoms with E-state index in [1.807, 2.05) is 24.3 Å². The summed E-state index contributed by atoms with van der Waals surface area (Å²) in [4.78, 5) is 5.20. The average molecular weight is 368 g/mol. The first-order valence-corrected chi connectivity index (χ1v) is 9.28. The van der Waals surface area contributed by atoms with Crippen LogP contribution in [0, 0.1) is 17.5 Å². The summed E-state index contributed by atoms with van der Waals surface area (Å²) in [6.45, 7) is 2.46. The van der Waals surface area contributed by atoms with Crippen LogP contribution in [-0.2, 0) is 6.54 Å². The van der Waals surface area contributed by atoms with Crippen molar-refractivity contribution in [1.82, 2.24) is 4.98 Å². The second kappa shape index (κ2) is 7.44. The second-order valence-corrected chi connectivity index (χ2v) is 7.42. The normalized spacial score (nSPS) is 11.2. The molecule has 0 aliphatic rings. The number of hydrogen-bond acceptors (Lipinski definition) is 4. The van der Waals surface area contributed by atoms with E-state index >= 15 is 0 Å². The monoisotopic (exact) mass is 368 g/mol. The van der Waals surface area contributed by atoms with Crippen LogP contribution in [0.3, 0.4) is 0 Å². The fraction of sp³-hybridized carbons (Fsp3) is 0.235. The lowest BCUT2D eigenvalue weighted by Crippen LogP contribution is -1.98. The Hall–Kier alpha value is -1.73. The van der Waals surface area contributed by atoms with Crippen LogP contribution in [0.1, 0.15) is 18.4 Å². The predicted octanol–water partition coefficient (Wildman–Crippen LogP) is 5.83. The number of nitrogens with zero attached hydrogens (tertiary/aromatic N) is 1. The van der Waals surface area contributed by atoms with Crippen LogP contribution in [0.4, 0.5) is 18.9 Å². The van der Waals surface area contributed by atoms with Crippen molar-refractivity contribution in [2.75, 3.05) is 11.1 Å². The molecule has 7 heteroatoms. The van der Waals surface area contributed by atoms with Crippen LogP contribution >= 0.6 is 23.1 Å². The quantitative estimate of drug-likeness (QED) is 0.438. The Morgan fingerprint density at radius 3 is 2.58 bits per heavy atom. The molecule has 1 heterocycles. The van der Waals surface area contributed by atoms with E-state index in [4.69, 9.17) is 0 Å². The highest BCUT2D eigenvalue weighted by atomic mass is 32.2. The summed E-state index contributed by atoms with van der Waals surface area (Å²) in [6.07, 6.45) is 1.12. The van der Waals surface area contributed by atoms with Gasteiger partial charge in [-0.25, -0.2) is 18.2 Å². The molecule has 0 amide bonds. The molecule has 0 bridgehead atoms. The van der Waals surface area contributed by atoms with Crippen LogP contribution < -0.4 is 5.32 Å². The molecular formula is C17H15F3N2S2. The third-order valence-electron chi connectivity index (χ3n) is 3.33. The number of thioether (sulfide) groups is 1. The van der Waals surface area contributed by atoms with Gasteiger partial charge < -0.3 is 5.32 Å². The van der Waals surface area contributed by atoms with Gasteiger partial charge in [0.1, 0.15) is 16.3 Å². The average Bonchev–Trinajstić information content (AvgIpc) is 3.02. The molecule has 2 aromatic carbocycles. The molecule has 0 atom stereocenters. The Morgan fingerprint density at radius 1 is 1.12 bits per heavy atom. The van der Waals surface area contributed by atoms with Crippen molar-refractivity contribution in [3.8, 4) is 0 Å². The van der Waals surface area contributed by atoms with E-state index in [1.54, 1.807) is 11.8 Å². The van der Waals surface area contributed by atoms with Gasteiger partial charge >= 0.3 is 0 Å². The molecule has 0 spiro atoms. The van der Waals surface area contributed by atoms with Gasteiger partial charge in [-0.2, -0.15) is 0 Å². The number of benzene rings is 2. The van der Waals surface area contributed by atoms with Crippen molar-refractivity contribution < 1.29 is 13.2 Å². The predicted molar refractivity (Wildman–Crippen MR) is 94.3 cm³/mol. The summed E-state index contributed by atoms with van der Waals surface area (Å²) < 4.78 is 40.6. The molecule has 3 aromatic rings. The van der Waals surface area contributed by atoms with Gasteiger partial charge in [0.15, 0.2) is 11.6 Å². The molecule has 0 unspecified atom stereocenters. The highest BCUT2D eigenvalue weighted by Crippen LogP contribution is 2.29. The van der Waals surface area contributed by atoms with E-state index in [2.05, 4.69) is 17.2 Å². The summed E-state index contributed by atoms with van der Waals surface area (Å²) >= 11 is 2.82. The highest BCUT2D eigenvalue weighted by molar-refractivity contribution is 7.99. The number of thiazole rings is 1. The minimum atomic E-state index is -1.22. The van der Waals surface area contributed by atoms with E-state index in [9.17, 15) is 13.2 Å². The third kappa shape index (κ3) is 3.67. The van der Waals surface area contributed by atoms with Gasteiger partial charge in [-0.05, 0) is 36.4 Å². The zero-order chi connectivity index (χ0) is 17.1. The summed E-state index contributed by atoms with van der Waals surface area (Å²) in [7, 11) is 0. The summed E-state index contributed by atoms with van der Waals surface area (Å²) in [5.41, 5.74) is 0.642. The summed E-state index contributed by atoms with van der Waals surface area (Å²) in [5, 5.41) is 3.66. The standard InChI is InChI=1S/C17H15F3N2S2/c1-2-7-23-11-5-3-10(4-6-11)21-9-14-22-16-15(20)12(18)8-13(19)17(16)24-14/h3-6,8,21H,2,7,9H2,1H3. The summed E-state index contributed by atoms with van der Waals surface area (Å²) in [6, 6.07) is 8.50. The molecule has 1 aromatic heterocycles. The molecule has 0 aliphatic heterocycles. The number of fused-ring (bicyclic) bond motifs is 1. The number of hydrogen-bond donors (Lipinski definition) is 1. The van der Waals surface area contributed by atoms with Gasteiger partial charge in [0.05, 0.1) is 11.2 Å². The van der Waals surface area contributed by atoms with Gasteiger partial charge in [0.25, 0.3) is 0 Å². The van der Waals surface area contributed by atoms with Crippen LogP contribution in [0.2, 0.25) is 0 Å². The first kappa shape index (κ1) is 17.1. The molecule has 1 N–H and O–H groups in total. The van der Waals surface area contributed by atoms with Crippen molar-refractivity contribution >= 4 is 39.0 Å². The summed E-state index contributed by atoms with van der Waals surface area (Å²) in [5.74, 6) is -2.03. The van der Waals surface area contributed by atoms with Crippen molar-refractivity contribution in [3.63, 3.8) is 0 Å². The number of halogens is 3. The van der Waals surface area contributed by atoms with E-state index in [-0.39, 0.29) is 10.2 Å². The van der Waals surface area contributed by atoms with Crippen molar-refractivity contribution in [1.29, 1.82) is 0 Å². The van der Waals surface area contributed by atoms with Crippen molar-refractivity contribution in [2.24, 2.45) is 0 Å². The maximum atomic E-state index is 13.7. The lowest BCUT2D eigenvalue weighted by atomic mass is 10.3. The maximum Gasteiger partial charge on any atom is 0.186 e. The van der Waals surface area contributed by atoms with Crippen LogP contribution in [-0.4, -0.2) is 10.7 Å². The number of nitrogens with one attached hydrogen (secondary N) is 1. The fourth-order valence-electron chi connectivity index (χ4n) is 2.17. The first-order valence-electron chi connectivity index (χ1n) is 7.48. The first-order chi connectivity index (χ1) is 11.6. The Kier molecular flexibility index (Phi) is 5.30. The Labute approximate surface area is 146 Å². The molecule has 0 radical (unpaired) electrons. The molecule has 0 saturated heterocycles. The number of aromatic nitrogens is 1. The van der Waals surface area contributed by atoms with Gasteiger partial charge in [-0.1, -0.05) is 6.92 Å². The molecule has 3 rings (SSSR count). The minimum Gasteiger partial charge on any atom is -0.379 e. The van der Waals surface area contributed by atoms with Gasteiger partial charge in [-0.15, -0.1) is 23.1 Å². The fourth-order valence-corrected chi connectivity index (χ4v) is 3.84. The van der Waals surface area contributed by atoms with E-state index in [0.717, 1.165) is 29.2 Å². The van der Waals surface area contributed by atoms with Crippen LogP contribution in [0.25, 0.3) is 10.2 Å². The molecule has 0 saturated carbocycles. The van der Waals surface area contributed by atoms with Crippen molar-refractivity contribution in [2.45, 2.75) is 24.8 Å². The van der Waals surface area contributed by atoms with E-state index in [1.165, 1.54) is 4.90 Å². The third-order valence-corrected chi connectivity index (χ3v) is 5.61. The van der Waals surface area contributed by atoms with Crippen LogP contribution in [0.5, 0.6) is 0 Å². The van der Waals surface area contributed by atoms with Gasteiger partial charge in [0, 0.05) is 16.6 Å². The van der Waals surface area contributed by atoms with E-state index in [0.29, 0.717) is 17.6 Å². The molecule has 0 aliphatic carbocycles. The Morgan fingerprint density at radius 2 is 1.88 bits per heavy atom.